The maximum atomic E-state index is 12.6. The summed E-state index contributed by atoms with van der Waals surface area (Å²) in [5.74, 6) is 0.638. The number of hydrogen-bond donors (Lipinski definition) is 1. The quantitative estimate of drug-likeness (QED) is 0.827. The van der Waals surface area contributed by atoms with Gasteiger partial charge < -0.3 is 14.6 Å². The lowest BCUT2D eigenvalue weighted by molar-refractivity contribution is -0.141. The van der Waals surface area contributed by atoms with Gasteiger partial charge in [0.1, 0.15) is 18.5 Å². The normalized spacial score (nSPS) is 21.1. The Morgan fingerprint density at radius 2 is 2.20 bits per heavy atom. The topological polar surface area (TPSA) is 56.9 Å². The van der Waals surface area contributed by atoms with E-state index in [-0.39, 0.29) is 12.0 Å². The second-order valence-corrected chi connectivity index (χ2v) is 6.13. The summed E-state index contributed by atoms with van der Waals surface area (Å²) in [6.07, 6.45) is 1.13. The second-order valence-electron chi connectivity index (χ2n) is 6.13. The summed E-state index contributed by atoms with van der Waals surface area (Å²) in [5, 5.41) is 7.50. The van der Waals surface area contributed by atoms with Crippen molar-refractivity contribution in [3.63, 3.8) is 0 Å². The average molecular weight is 357 g/mol. The van der Waals surface area contributed by atoms with E-state index in [0.29, 0.717) is 25.5 Å². The van der Waals surface area contributed by atoms with Gasteiger partial charge in [-0.2, -0.15) is 18.3 Å². The van der Waals surface area contributed by atoms with Gasteiger partial charge in [-0.05, 0) is 19.4 Å². The Hall–Kier alpha value is -1.87. The van der Waals surface area contributed by atoms with E-state index in [9.17, 15) is 13.2 Å². The first kappa shape index (κ1) is 17.9. The molecule has 2 atom stereocenters. The van der Waals surface area contributed by atoms with E-state index in [1.165, 1.54) is 12.4 Å². The Morgan fingerprint density at radius 1 is 1.36 bits per heavy atom. The van der Waals surface area contributed by atoms with Crippen molar-refractivity contribution in [1.82, 2.24) is 24.6 Å². The van der Waals surface area contributed by atoms with Crippen molar-refractivity contribution in [3.05, 3.63) is 36.2 Å². The highest BCUT2D eigenvalue weighted by atomic mass is 19.4. The Kier molecular flexibility index (Phi) is 5.43. The van der Waals surface area contributed by atoms with E-state index >= 15 is 0 Å². The molecule has 0 spiro atoms. The molecule has 3 heterocycles. The number of hydrogen-bond acceptors (Lipinski definition) is 4. The Morgan fingerprint density at radius 3 is 2.96 bits per heavy atom. The van der Waals surface area contributed by atoms with Crippen molar-refractivity contribution >= 4 is 0 Å². The van der Waals surface area contributed by atoms with E-state index in [4.69, 9.17) is 4.74 Å². The lowest BCUT2D eigenvalue weighted by Crippen LogP contribution is -2.28. The van der Waals surface area contributed by atoms with E-state index in [2.05, 4.69) is 15.4 Å². The molecular formula is C16H22F3N5O. The van der Waals surface area contributed by atoms with Crippen LogP contribution in [0.4, 0.5) is 13.2 Å². The lowest BCUT2D eigenvalue weighted by atomic mass is 9.99. The first-order chi connectivity index (χ1) is 12.0. The predicted octanol–water partition coefficient (Wildman–Crippen LogP) is 2.53. The molecule has 3 rings (SSSR count). The molecular weight excluding hydrogens is 335 g/mol. The van der Waals surface area contributed by atoms with Gasteiger partial charge in [0.15, 0.2) is 0 Å². The van der Waals surface area contributed by atoms with Gasteiger partial charge in [-0.3, -0.25) is 4.68 Å². The van der Waals surface area contributed by atoms with Gasteiger partial charge >= 0.3 is 6.18 Å². The molecule has 0 aromatic carbocycles. The fraction of sp³-hybridized carbons (Fsp3) is 0.625. The van der Waals surface area contributed by atoms with Crippen molar-refractivity contribution < 1.29 is 17.9 Å². The van der Waals surface area contributed by atoms with Crippen molar-refractivity contribution in [2.24, 2.45) is 5.92 Å². The Bertz CT molecular complexity index is 681. The highest BCUT2D eigenvalue weighted by Crippen LogP contribution is 2.34. The van der Waals surface area contributed by atoms with Crippen LogP contribution in [-0.2, 0) is 24.4 Å². The molecule has 0 bridgehead atoms. The zero-order valence-corrected chi connectivity index (χ0v) is 14.0. The number of ether oxygens (including phenoxy) is 1. The second kappa shape index (κ2) is 7.57. The molecule has 1 fully saturated rings. The predicted molar refractivity (Wildman–Crippen MR) is 84.7 cm³/mol. The van der Waals surface area contributed by atoms with E-state index in [1.807, 2.05) is 17.7 Å². The van der Waals surface area contributed by atoms with Gasteiger partial charge in [-0.1, -0.05) is 0 Å². The maximum absolute atomic E-state index is 12.6. The van der Waals surface area contributed by atoms with Crippen molar-refractivity contribution in [2.45, 2.75) is 45.3 Å². The molecule has 0 saturated carbocycles. The van der Waals surface area contributed by atoms with Crippen LogP contribution in [0.3, 0.4) is 0 Å². The van der Waals surface area contributed by atoms with Gasteiger partial charge in [0.2, 0.25) is 0 Å². The van der Waals surface area contributed by atoms with Gasteiger partial charge in [0.05, 0.1) is 12.2 Å². The summed E-state index contributed by atoms with van der Waals surface area (Å²) in [6, 6.07) is 1.96. The molecule has 2 aromatic rings. The molecule has 2 aromatic heterocycles. The number of halogens is 3. The summed E-state index contributed by atoms with van der Waals surface area (Å²) < 4.78 is 46.6. The van der Waals surface area contributed by atoms with Crippen LogP contribution in [0.5, 0.6) is 0 Å². The van der Waals surface area contributed by atoms with Crippen LogP contribution in [0.15, 0.2) is 24.7 Å². The summed E-state index contributed by atoms with van der Waals surface area (Å²) in [6.45, 7) is 3.40. The lowest BCUT2D eigenvalue weighted by Gasteiger charge is -2.20. The molecule has 0 radical (unpaired) electrons. The van der Waals surface area contributed by atoms with Gasteiger partial charge in [-0.15, -0.1) is 0 Å². The zero-order valence-electron chi connectivity index (χ0n) is 14.0. The van der Waals surface area contributed by atoms with Crippen molar-refractivity contribution in [3.8, 4) is 0 Å². The number of aryl methyl sites for hydroxylation is 1. The monoisotopic (exact) mass is 357 g/mol. The molecule has 9 heteroatoms. The molecule has 25 heavy (non-hydrogen) atoms. The highest BCUT2D eigenvalue weighted by Gasteiger charge is 2.32. The van der Waals surface area contributed by atoms with Crippen LogP contribution >= 0.6 is 0 Å². The molecule has 0 aliphatic carbocycles. The van der Waals surface area contributed by atoms with Crippen LogP contribution in [0.25, 0.3) is 0 Å². The molecule has 1 aliphatic rings. The van der Waals surface area contributed by atoms with Crippen LogP contribution in [0.2, 0.25) is 0 Å². The molecule has 6 nitrogen and oxygen atoms in total. The molecule has 0 unspecified atom stereocenters. The third kappa shape index (κ3) is 4.40. The van der Waals surface area contributed by atoms with Crippen molar-refractivity contribution in [2.75, 3.05) is 13.2 Å². The zero-order chi connectivity index (χ0) is 17.9. The van der Waals surface area contributed by atoms with Gasteiger partial charge in [0.25, 0.3) is 0 Å². The summed E-state index contributed by atoms with van der Waals surface area (Å²) in [5.41, 5.74) is 1.05. The first-order valence-corrected chi connectivity index (χ1v) is 8.38. The molecule has 1 aliphatic heterocycles. The minimum absolute atomic E-state index is 0.0372. The minimum atomic E-state index is -4.25. The molecule has 1 N–H and O–H groups in total. The van der Waals surface area contributed by atoms with Gasteiger partial charge in [0, 0.05) is 44.2 Å². The third-order valence-electron chi connectivity index (χ3n) is 4.40. The molecule has 0 amide bonds. The van der Waals surface area contributed by atoms with E-state index in [1.54, 1.807) is 6.20 Å². The fourth-order valence-electron chi connectivity index (χ4n) is 3.23. The number of nitrogens with zero attached hydrogens (tertiary/aromatic N) is 4. The van der Waals surface area contributed by atoms with E-state index in [0.717, 1.165) is 23.2 Å². The number of alkyl halides is 3. The first-order valence-electron chi connectivity index (χ1n) is 8.38. The molecule has 1 saturated heterocycles. The highest BCUT2D eigenvalue weighted by molar-refractivity contribution is 5.08. The average Bonchev–Trinajstić information content (AvgIpc) is 3.26. The van der Waals surface area contributed by atoms with Gasteiger partial charge in [-0.25, -0.2) is 4.98 Å². The Labute approximate surface area is 144 Å². The SMILES string of the molecule is CCn1nccc1[C@@H]1OCC[C@H]1CNCc1nccn1CC(F)(F)F. The van der Waals surface area contributed by atoms with Crippen LogP contribution in [0.1, 0.15) is 31.0 Å². The van der Waals surface area contributed by atoms with Crippen LogP contribution in [-0.4, -0.2) is 38.7 Å². The smallest absolute Gasteiger partial charge is 0.372 e. The largest absolute Gasteiger partial charge is 0.406 e. The van der Waals surface area contributed by atoms with E-state index < -0.39 is 12.7 Å². The molecule has 138 valence electrons. The summed E-state index contributed by atoms with van der Waals surface area (Å²) in [4.78, 5) is 4.02. The summed E-state index contributed by atoms with van der Waals surface area (Å²) >= 11 is 0. The number of imidazole rings is 1. The van der Waals surface area contributed by atoms with Crippen LogP contribution in [0, 0.1) is 5.92 Å². The minimum Gasteiger partial charge on any atom is -0.372 e. The number of rotatable bonds is 7. The summed E-state index contributed by atoms with van der Waals surface area (Å²) in [7, 11) is 0. The number of aromatic nitrogens is 4. The Balaban J connectivity index is 1.56. The van der Waals surface area contributed by atoms with Crippen LogP contribution < -0.4 is 5.32 Å². The fourth-order valence-corrected chi connectivity index (χ4v) is 3.23. The third-order valence-corrected chi connectivity index (χ3v) is 4.40. The maximum Gasteiger partial charge on any atom is 0.406 e. The van der Waals surface area contributed by atoms with Crippen molar-refractivity contribution in [1.29, 1.82) is 0 Å². The standard InChI is InChI=1S/C16H22F3N5O/c1-2-24-13(3-5-22-24)15-12(4-8-25-15)9-20-10-14-21-6-7-23(14)11-16(17,18)19/h3,5-7,12,15,20H,2,4,8-11H2,1H3/t12-,15+/m0/s1. The number of nitrogens with one attached hydrogen (secondary N) is 1.